The van der Waals surface area contributed by atoms with Crippen LogP contribution in [0.3, 0.4) is 0 Å². The number of benzene rings is 1. The molecule has 1 aromatic heterocycles. The molecule has 0 radical (unpaired) electrons. The van der Waals surface area contributed by atoms with Crippen LogP contribution >= 0.6 is 0 Å². The van der Waals surface area contributed by atoms with E-state index in [2.05, 4.69) is 4.90 Å². The van der Waals surface area contributed by atoms with Crippen molar-refractivity contribution in [2.75, 3.05) is 37.7 Å². The highest BCUT2D eigenvalue weighted by atomic mass is 19.1. The summed E-state index contributed by atoms with van der Waals surface area (Å²) in [4.78, 5) is 22.0. The first-order valence-electron chi connectivity index (χ1n) is 9.61. The molecule has 1 saturated carbocycles. The molecule has 3 aliphatic rings. The van der Waals surface area contributed by atoms with Gasteiger partial charge in [0, 0.05) is 37.3 Å². The van der Waals surface area contributed by atoms with Gasteiger partial charge in [-0.3, -0.25) is 4.79 Å². The lowest BCUT2D eigenvalue weighted by atomic mass is 10.0. The van der Waals surface area contributed by atoms with Crippen molar-refractivity contribution in [1.29, 1.82) is 0 Å². The number of fused-ring (bicyclic) bond motifs is 1. The maximum absolute atomic E-state index is 13.4. The SMILES string of the molecule is O=C1c2cc(N3CCOCC3)nc(-c3ccc(F)cc3)c2CN1CC1CC1. The number of hydrogen-bond donors (Lipinski definition) is 0. The first kappa shape index (κ1) is 16.7. The predicted octanol–water partition coefficient (Wildman–Crippen LogP) is 3.09. The van der Waals surface area contributed by atoms with Gasteiger partial charge in [-0.05, 0) is 49.1 Å². The Kier molecular flexibility index (Phi) is 4.08. The van der Waals surface area contributed by atoms with Crippen molar-refractivity contribution >= 4 is 11.7 Å². The lowest BCUT2D eigenvalue weighted by Gasteiger charge is -2.28. The second kappa shape index (κ2) is 6.60. The molecule has 0 spiro atoms. The van der Waals surface area contributed by atoms with Gasteiger partial charge in [0.15, 0.2) is 0 Å². The normalized spacial score (nSPS) is 19.5. The maximum Gasteiger partial charge on any atom is 0.254 e. The fourth-order valence-electron chi connectivity index (χ4n) is 3.90. The van der Waals surface area contributed by atoms with Crippen LogP contribution in [0.4, 0.5) is 10.2 Å². The molecule has 5 rings (SSSR count). The highest BCUT2D eigenvalue weighted by molar-refractivity contribution is 6.01. The summed E-state index contributed by atoms with van der Waals surface area (Å²) in [7, 11) is 0. The number of halogens is 1. The monoisotopic (exact) mass is 367 g/mol. The number of pyridine rings is 1. The summed E-state index contributed by atoms with van der Waals surface area (Å²) < 4.78 is 18.9. The first-order chi connectivity index (χ1) is 13.2. The minimum Gasteiger partial charge on any atom is -0.378 e. The summed E-state index contributed by atoms with van der Waals surface area (Å²) in [5.74, 6) is 1.27. The Labute approximate surface area is 157 Å². The van der Waals surface area contributed by atoms with Crippen molar-refractivity contribution < 1.29 is 13.9 Å². The second-order valence-corrected chi connectivity index (χ2v) is 7.59. The molecule has 0 unspecified atom stereocenters. The van der Waals surface area contributed by atoms with Crippen LogP contribution in [0.25, 0.3) is 11.3 Å². The maximum atomic E-state index is 13.4. The van der Waals surface area contributed by atoms with Gasteiger partial charge in [-0.25, -0.2) is 9.37 Å². The first-order valence-corrected chi connectivity index (χ1v) is 9.61. The molecular weight excluding hydrogens is 345 g/mol. The van der Waals surface area contributed by atoms with E-state index in [4.69, 9.17) is 9.72 Å². The fourth-order valence-corrected chi connectivity index (χ4v) is 3.90. The molecule has 27 heavy (non-hydrogen) atoms. The summed E-state index contributed by atoms with van der Waals surface area (Å²) >= 11 is 0. The largest absolute Gasteiger partial charge is 0.378 e. The van der Waals surface area contributed by atoms with E-state index in [0.717, 1.165) is 47.8 Å². The Hall–Kier alpha value is -2.47. The summed E-state index contributed by atoms with van der Waals surface area (Å²) in [5, 5.41) is 0. The van der Waals surface area contributed by atoms with Crippen LogP contribution in [0.5, 0.6) is 0 Å². The average Bonchev–Trinajstić information content (AvgIpc) is 3.46. The molecule has 1 aromatic carbocycles. The van der Waals surface area contributed by atoms with Gasteiger partial charge < -0.3 is 14.5 Å². The smallest absolute Gasteiger partial charge is 0.254 e. The number of amides is 1. The number of ether oxygens (including phenoxy) is 1. The van der Waals surface area contributed by atoms with E-state index in [9.17, 15) is 9.18 Å². The van der Waals surface area contributed by atoms with Gasteiger partial charge in [0.1, 0.15) is 11.6 Å². The Morgan fingerprint density at radius 3 is 2.59 bits per heavy atom. The van der Waals surface area contributed by atoms with Crippen molar-refractivity contribution in [1.82, 2.24) is 9.88 Å². The van der Waals surface area contributed by atoms with Crippen LogP contribution < -0.4 is 4.90 Å². The van der Waals surface area contributed by atoms with Crippen molar-refractivity contribution in [3.05, 3.63) is 47.3 Å². The van der Waals surface area contributed by atoms with Gasteiger partial charge in [-0.1, -0.05) is 0 Å². The van der Waals surface area contributed by atoms with Crippen LogP contribution in [-0.2, 0) is 11.3 Å². The number of aromatic nitrogens is 1. The van der Waals surface area contributed by atoms with E-state index in [1.807, 2.05) is 11.0 Å². The summed E-state index contributed by atoms with van der Waals surface area (Å²) in [6, 6.07) is 8.32. The average molecular weight is 367 g/mol. The van der Waals surface area contributed by atoms with Crippen molar-refractivity contribution in [3.63, 3.8) is 0 Å². The lowest BCUT2D eigenvalue weighted by Crippen LogP contribution is -2.37. The topological polar surface area (TPSA) is 45.7 Å². The Bertz CT molecular complexity index is 874. The zero-order valence-corrected chi connectivity index (χ0v) is 15.2. The summed E-state index contributed by atoms with van der Waals surface area (Å²) in [6.45, 7) is 4.25. The molecule has 3 heterocycles. The number of carbonyl (C=O) groups excluding carboxylic acids is 1. The van der Waals surface area contributed by atoms with Crippen LogP contribution in [-0.4, -0.2) is 48.6 Å². The number of anilines is 1. The number of rotatable bonds is 4. The molecule has 1 aliphatic carbocycles. The van der Waals surface area contributed by atoms with Crippen LogP contribution in [0, 0.1) is 11.7 Å². The molecule has 0 bridgehead atoms. The third-order valence-corrected chi connectivity index (χ3v) is 5.61. The van der Waals surface area contributed by atoms with E-state index in [1.165, 1.54) is 25.0 Å². The standard InChI is InChI=1S/C21H22FN3O2/c22-16-5-3-15(4-6-16)20-18-13-25(12-14-1-2-14)21(26)17(18)11-19(23-20)24-7-9-27-10-8-24/h3-6,11,14H,1-2,7-10,12-13H2. The molecule has 6 heteroatoms. The van der Waals surface area contributed by atoms with E-state index in [1.54, 1.807) is 12.1 Å². The van der Waals surface area contributed by atoms with Gasteiger partial charge >= 0.3 is 0 Å². The third kappa shape index (κ3) is 3.18. The van der Waals surface area contributed by atoms with Crippen molar-refractivity contribution in [3.8, 4) is 11.3 Å². The number of morpholine rings is 1. The Morgan fingerprint density at radius 2 is 1.89 bits per heavy atom. The van der Waals surface area contributed by atoms with Gasteiger partial charge in [0.05, 0.1) is 24.5 Å². The van der Waals surface area contributed by atoms with Gasteiger partial charge in [-0.2, -0.15) is 0 Å². The zero-order valence-electron chi connectivity index (χ0n) is 15.2. The molecule has 2 aliphatic heterocycles. The van der Waals surface area contributed by atoms with Crippen LogP contribution in [0.2, 0.25) is 0 Å². The van der Waals surface area contributed by atoms with Crippen LogP contribution in [0.15, 0.2) is 30.3 Å². The highest BCUT2D eigenvalue weighted by Crippen LogP contribution is 2.37. The van der Waals surface area contributed by atoms with Crippen LogP contribution in [0.1, 0.15) is 28.8 Å². The number of nitrogens with zero attached hydrogens (tertiary/aromatic N) is 3. The van der Waals surface area contributed by atoms with E-state index in [-0.39, 0.29) is 11.7 Å². The Balaban J connectivity index is 1.58. The molecule has 2 fully saturated rings. The molecule has 0 N–H and O–H groups in total. The quantitative estimate of drug-likeness (QED) is 0.833. The molecule has 0 atom stereocenters. The van der Waals surface area contributed by atoms with E-state index >= 15 is 0 Å². The molecule has 5 nitrogen and oxygen atoms in total. The minimum atomic E-state index is -0.272. The highest BCUT2D eigenvalue weighted by Gasteiger charge is 2.35. The van der Waals surface area contributed by atoms with E-state index < -0.39 is 0 Å². The predicted molar refractivity (Wildman–Crippen MR) is 100 cm³/mol. The fraction of sp³-hybridized carbons (Fsp3) is 0.429. The zero-order chi connectivity index (χ0) is 18.4. The number of carbonyl (C=O) groups is 1. The third-order valence-electron chi connectivity index (χ3n) is 5.61. The van der Waals surface area contributed by atoms with Gasteiger partial charge in [-0.15, -0.1) is 0 Å². The van der Waals surface area contributed by atoms with Crippen molar-refractivity contribution in [2.24, 2.45) is 5.92 Å². The van der Waals surface area contributed by atoms with E-state index in [0.29, 0.717) is 25.7 Å². The molecular formula is C21H22FN3O2. The van der Waals surface area contributed by atoms with Gasteiger partial charge in [0.25, 0.3) is 5.91 Å². The minimum absolute atomic E-state index is 0.0946. The molecule has 2 aromatic rings. The molecule has 1 saturated heterocycles. The molecule has 1 amide bonds. The molecule has 140 valence electrons. The lowest BCUT2D eigenvalue weighted by molar-refractivity contribution is 0.0771. The summed E-state index contributed by atoms with van der Waals surface area (Å²) in [6.07, 6.45) is 2.42. The second-order valence-electron chi connectivity index (χ2n) is 7.59. The van der Waals surface area contributed by atoms with Crippen molar-refractivity contribution in [2.45, 2.75) is 19.4 Å². The summed E-state index contributed by atoms with van der Waals surface area (Å²) in [5.41, 5.74) is 3.35. The number of hydrogen-bond acceptors (Lipinski definition) is 4. The van der Waals surface area contributed by atoms with Gasteiger partial charge in [0.2, 0.25) is 0 Å². The Morgan fingerprint density at radius 1 is 1.15 bits per heavy atom.